The van der Waals surface area contributed by atoms with Crippen molar-refractivity contribution in [3.63, 3.8) is 0 Å². The first-order chi connectivity index (χ1) is 7.49. The van der Waals surface area contributed by atoms with E-state index in [0.717, 1.165) is 6.20 Å². The number of carbonyl (C=O) groups is 1. The van der Waals surface area contributed by atoms with Crippen LogP contribution in [0.15, 0.2) is 6.20 Å². The molecule has 0 N–H and O–H groups in total. The van der Waals surface area contributed by atoms with Crippen molar-refractivity contribution in [1.82, 2.24) is 4.98 Å². The van der Waals surface area contributed by atoms with Gasteiger partial charge in [-0.15, -0.1) is 0 Å². The predicted molar refractivity (Wildman–Crippen MR) is 62.9 cm³/mol. The summed E-state index contributed by atoms with van der Waals surface area (Å²) in [4.78, 5) is 15.1. The molecule has 7 heteroatoms. The van der Waals surface area contributed by atoms with Gasteiger partial charge in [-0.3, -0.25) is 0 Å². The molecular weight excluding hydrogens is 354 g/mol. The maximum atomic E-state index is 12.6. The third-order valence-corrected chi connectivity index (χ3v) is 3.38. The maximum absolute atomic E-state index is 12.6. The van der Waals surface area contributed by atoms with E-state index in [2.05, 4.69) is 4.98 Å². The molecule has 0 saturated heterocycles. The third kappa shape index (κ3) is 2.79. The van der Waals surface area contributed by atoms with E-state index in [1.54, 1.807) is 29.5 Å². The van der Waals surface area contributed by atoms with Gasteiger partial charge in [0.15, 0.2) is 0 Å². The fraction of sp³-hybridized carbons (Fsp3) is 0.333. The summed E-state index contributed by atoms with van der Waals surface area (Å²) in [5.74, 6) is -0.813. The average molecular weight is 362 g/mol. The summed E-state index contributed by atoms with van der Waals surface area (Å²) >= 11 is 7.35. The van der Waals surface area contributed by atoms with Crippen molar-refractivity contribution in [2.45, 2.75) is 13.3 Å². The topological polar surface area (TPSA) is 39.2 Å². The summed E-state index contributed by atoms with van der Waals surface area (Å²) in [5.41, 5.74) is -0.676. The highest BCUT2D eigenvalue weighted by atomic mass is 127. The van der Waals surface area contributed by atoms with Crippen molar-refractivity contribution in [2.75, 3.05) is 6.61 Å². The lowest BCUT2D eigenvalue weighted by atomic mass is 10.1. The number of esters is 1. The number of carbonyl (C=O) groups excluding carboxylic acids is 1. The van der Waals surface area contributed by atoms with E-state index in [9.17, 15) is 13.6 Å². The molecule has 0 aliphatic carbocycles. The van der Waals surface area contributed by atoms with Crippen LogP contribution in [0.5, 0.6) is 0 Å². The van der Waals surface area contributed by atoms with E-state index >= 15 is 0 Å². The van der Waals surface area contributed by atoms with Crippen LogP contribution in [0.3, 0.4) is 0 Å². The Morgan fingerprint density at radius 1 is 1.69 bits per heavy atom. The van der Waals surface area contributed by atoms with Gasteiger partial charge in [-0.2, -0.15) is 0 Å². The van der Waals surface area contributed by atoms with Crippen molar-refractivity contribution >= 4 is 40.2 Å². The molecule has 1 rings (SSSR count). The lowest BCUT2D eigenvalue weighted by Gasteiger charge is -2.10. The summed E-state index contributed by atoms with van der Waals surface area (Å²) < 4.78 is 30.2. The van der Waals surface area contributed by atoms with Crippen molar-refractivity contribution in [3.05, 3.63) is 26.0 Å². The van der Waals surface area contributed by atoms with Gasteiger partial charge in [0.1, 0.15) is 5.15 Å². The second-order valence-corrected chi connectivity index (χ2v) is 4.15. The van der Waals surface area contributed by atoms with Gasteiger partial charge < -0.3 is 4.74 Å². The molecule has 0 radical (unpaired) electrons. The molecule has 0 spiro atoms. The van der Waals surface area contributed by atoms with Crippen molar-refractivity contribution in [1.29, 1.82) is 0 Å². The third-order valence-electron chi connectivity index (χ3n) is 1.72. The largest absolute Gasteiger partial charge is 0.462 e. The summed E-state index contributed by atoms with van der Waals surface area (Å²) in [6.07, 6.45) is -1.90. The zero-order valence-electron chi connectivity index (χ0n) is 8.14. The van der Waals surface area contributed by atoms with Gasteiger partial charge >= 0.3 is 5.97 Å². The van der Waals surface area contributed by atoms with Crippen LogP contribution in [0.1, 0.15) is 29.3 Å². The fourth-order valence-corrected chi connectivity index (χ4v) is 1.87. The molecule has 0 amide bonds. The van der Waals surface area contributed by atoms with E-state index < -0.39 is 18.0 Å². The minimum Gasteiger partial charge on any atom is -0.462 e. The molecule has 0 saturated carbocycles. The predicted octanol–water partition coefficient (Wildman–Crippen LogP) is 3.45. The molecule has 1 aromatic rings. The Labute approximate surface area is 109 Å². The zero-order chi connectivity index (χ0) is 12.3. The quantitative estimate of drug-likeness (QED) is 0.470. The monoisotopic (exact) mass is 361 g/mol. The Kier molecular flexibility index (Phi) is 4.85. The molecule has 0 fully saturated rings. The highest BCUT2D eigenvalue weighted by Gasteiger charge is 2.24. The highest BCUT2D eigenvalue weighted by Crippen LogP contribution is 2.29. The number of pyridine rings is 1. The first-order valence-corrected chi connectivity index (χ1v) is 5.73. The Hall–Kier alpha value is -0.500. The minimum absolute atomic E-state index is 0.00746. The smallest absolute Gasteiger partial charge is 0.339 e. The Balaban J connectivity index is 3.31. The normalized spacial score (nSPS) is 10.6. The Morgan fingerprint density at radius 2 is 2.31 bits per heavy atom. The van der Waals surface area contributed by atoms with Crippen LogP contribution in [0.25, 0.3) is 0 Å². The molecule has 0 aromatic carbocycles. The molecule has 16 heavy (non-hydrogen) atoms. The van der Waals surface area contributed by atoms with E-state index in [1.165, 1.54) is 0 Å². The van der Waals surface area contributed by atoms with E-state index in [1.807, 2.05) is 0 Å². The first-order valence-electron chi connectivity index (χ1n) is 4.28. The number of aromatic nitrogens is 1. The van der Waals surface area contributed by atoms with Crippen molar-refractivity contribution in [2.24, 2.45) is 0 Å². The number of ether oxygens (including phenoxy) is 1. The van der Waals surface area contributed by atoms with E-state index in [0.29, 0.717) is 0 Å². The van der Waals surface area contributed by atoms with Crippen LogP contribution < -0.4 is 0 Å². The molecule has 1 aromatic heterocycles. The number of nitrogens with zero attached hydrogens (tertiary/aromatic N) is 1. The van der Waals surface area contributed by atoms with Crippen LogP contribution in [0.2, 0.25) is 5.15 Å². The molecule has 0 bridgehead atoms. The molecule has 0 unspecified atom stereocenters. The van der Waals surface area contributed by atoms with Crippen LogP contribution in [-0.2, 0) is 4.74 Å². The minimum atomic E-state index is -2.79. The van der Waals surface area contributed by atoms with E-state index in [4.69, 9.17) is 16.3 Å². The second kappa shape index (κ2) is 5.72. The maximum Gasteiger partial charge on any atom is 0.339 e. The standard InChI is InChI=1S/C9H7ClF2INO2/c1-2-16-9(15)5-4(8(11)12)3-14-7(10)6(5)13/h3,8H,2H2,1H3. The Morgan fingerprint density at radius 3 is 2.81 bits per heavy atom. The molecule has 1 heterocycles. The number of halogens is 4. The number of alkyl halides is 2. The van der Waals surface area contributed by atoms with Gasteiger partial charge in [0.2, 0.25) is 0 Å². The molecule has 3 nitrogen and oxygen atoms in total. The molecule has 88 valence electrons. The molecule has 0 aliphatic heterocycles. The van der Waals surface area contributed by atoms with Gasteiger partial charge in [-0.1, -0.05) is 11.6 Å². The lowest BCUT2D eigenvalue weighted by molar-refractivity contribution is 0.0513. The second-order valence-electron chi connectivity index (χ2n) is 2.71. The van der Waals surface area contributed by atoms with Gasteiger partial charge in [-0.25, -0.2) is 18.6 Å². The number of rotatable bonds is 3. The number of hydrogen-bond donors (Lipinski definition) is 0. The summed E-state index contributed by atoms with van der Waals surface area (Å²) in [6, 6.07) is 0. The molecular formula is C9H7ClF2INO2. The SMILES string of the molecule is CCOC(=O)c1c(C(F)F)cnc(Cl)c1I. The first kappa shape index (κ1) is 13.6. The van der Waals surface area contributed by atoms with Gasteiger partial charge in [0.05, 0.1) is 21.3 Å². The van der Waals surface area contributed by atoms with Gasteiger partial charge in [0.25, 0.3) is 6.43 Å². The number of hydrogen-bond acceptors (Lipinski definition) is 3. The zero-order valence-corrected chi connectivity index (χ0v) is 11.1. The fourth-order valence-electron chi connectivity index (χ4n) is 1.05. The van der Waals surface area contributed by atoms with Crippen LogP contribution in [0, 0.1) is 3.57 Å². The highest BCUT2D eigenvalue weighted by molar-refractivity contribution is 14.1. The van der Waals surface area contributed by atoms with Crippen LogP contribution in [-0.4, -0.2) is 17.6 Å². The summed E-state index contributed by atoms with van der Waals surface area (Å²) in [7, 11) is 0. The van der Waals surface area contributed by atoms with E-state index in [-0.39, 0.29) is 20.9 Å². The van der Waals surface area contributed by atoms with Gasteiger partial charge in [-0.05, 0) is 29.5 Å². The van der Waals surface area contributed by atoms with Crippen LogP contribution >= 0.6 is 34.2 Å². The molecule has 0 atom stereocenters. The van der Waals surface area contributed by atoms with Crippen molar-refractivity contribution < 1.29 is 18.3 Å². The summed E-state index contributed by atoms with van der Waals surface area (Å²) in [6.45, 7) is 1.70. The average Bonchev–Trinajstić information content (AvgIpc) is 2.21. The summed E-state index contributed by atoms with van der Waals surface area (Å²) in [5, 5.41) is 0.00746. The lowest BCUT2D eigenvalue weighted by Crippen LogP contribution is -2.12. The van der Waals surface area contributed by atoms with Crippen LogP contribution in [0.4, 0.5) is 8.78 Å². The van der Waals surface area contributed by atoms with Crippen molar-refractivity contribution in [3.8, 4) is 0 Å². The van der Waals surface area contributed by atoms with Gasteiger partial charge in [0, 0.05) is 6.20 Å². The molecule has 0 aliphatic rings. The Bertz CT molecular complexity index is 415.